The van der Waals surface area contributed by atoms with E-state index >= 15 is 0 Å². The first-order chi connectivity index (χ1) is 21.3. The number of Topliss-reactive ketones (excluding diaryl/α,β-unsaturated/α-hetero) is 1. The van der Waals surface area contributed by atoms with Crippen molar-refractivity contribution in [2.45, 2.75) is 38.0 Å². The Morgan fingerprint density at radius 3 is 1.23 bits per heavy atom. The summed E-state index contributed by atoms with van der Waals surface area (Å²) in [6.45, 7) is 15.0. The number of benzene rings is 2. The molecule has 0 aromatic heterocycles. The first kappa shape index (κ1) is 34.1. The lowest BCUT2D eigenvalue weighted by molar-refractivity contribution is 0.0696. The van der Waals surface area contributed by atoms with E-state index < -0.39 is 5.97 Å². The molecule has 0 atom stereocenters. The number of hydrogen-bond acceptors (Lipinski definition) is 10. The minimum absolute atomic E-state index is 0.00773. The van der Waals surface area contributed by atoms with Crippen LogP contribution in [-0.2, 0) is 13.1 Å². The quantitative estimate of drug-likeness (QED) is 0.179. The summed E-state index contributed by atoms with van der Waals surface area (Å²) < 4.78 is 0. The van der Waals surface area contributed by atoms with E-state index in [1.54, 1.807) is 12.1 Å². The number of ketones is 1. The van der Waals surface area contributed by atoms with Crippen LogP contribution in [0.3, 0.4) is 0 Å². The average Bonchev–Trinajstić information content (AvgIpc) is 3.03. The van der Waals surface area contributed by atoms with Gasteiger partial charge in [-0.2, -0.15) is 0 Å². The molecular formula is C33H52N8O3. The van der Waals surface area contributed by atoms with Crippen molar-refractivity contribution in [3.05, 3.63) is 70.8 Å². The molecule has 0 saturated carbocycles. The van der Waals surface area contributed by atoms with Gasteiger partial charge in [-0.25, -0.2) is 4.79 Å². The van der Waals surface area contributed by atoms with Gasteiger partial charge in [0.1, 0.15) is 0 Å². The van der Waals surface area contributed by atoms with Gasteiger partial charge in [0.15, 0.2) is 5.78 Å². The van der Waals surface area contributed by atoms with Gasteiger partial charge in [-0.05, 0) is 23.3 Å². The number of rotatable bonds is 9. The molecule has 5 rings (SSSR count). The van der Waals surface area contributed by atoms with Crippen LogP contribution in [0.4, 0.5) is 0 Å². The van der Waals surface area contributed by atoms with E-state index in [1.165, 1.54) is 0 Å². The second-order valence-electron chi connectivity index (χ2n) is 12.5. The topological polar surface area (TPSA) is 151 Å². The molecule has 3 fully saturated rings. The van der Waals surface area contributed by atoms with Gasteiger partial charge < -0.3 is 47.6 Å². The van der Waals surface area contributed by atoms with E-state index in [4.69, 9.17) is 0 Å². The van der Waals surface area contributed by atoms with Gasteiger partial charge in [0, 0.05) is 103 Å². The summed E-state index contributed by atoms with van der Waals surface area (Å²) >= 11 is 0. The van der Waals surface area contributed by atoms with Crippen molar-refractivity contribution in [2.75, 3.05) is 78.5 Å². The number of fused-ring (bicyclic) bond motifs is 15. The average molecular weight is 609 g/mol. The van der Waals surface area contributed by atoms with Crippen LogP contribution in [0.2, 0.25) is 0 Å². The Morgan fingerprint density at radius 2 is 0.932 bits per heavy atom. The highest BCUT2D eigenvalue weighted by atomic mass is 16.4. The molecule has 3 aliphatic heterocycles. The highest BCUT2D eigenvalue weighted by Crippen LogP contribution is 2.13. The third-order valence-electron chi connectivity index (χ3n) is 8.51. The Labute approximate surface area is 262 Å². The van der Waals surface area contributed by atoms with E-state index in [9.17, 15) is 14.7 Å². The van der Waals surface area contributed by atoms with Gasteiger partial charge in [0.25, 0.3) is 0 Å². The number of carboxylic acid groups (broad SMARTS) is 1. The third kappa shape index (κ3) is 10.4. The highest BCUT2D eigenvalue weighted by Gasteiger charge is 2.31. The summed E-state index contributed by atoms with van der Waals surface area (Å²) in [4.78, 5) is 23.6. The van der Waals surface area contributed by atoms with Crippen LogP contribution in [0.25, 0.3) is 0 Å². The van der Waals surface area contributed by atoms with Crippen LogP contribution < -0.4 is 42.5 Å². The largest absolute Gasteiger partial charge is 0.478 e. The van der Waals surface area contributed by atoms with Crippen LogP contribution in [0, 0.1) is 5.92 Å². The van der Waals surface area contributed by atoms with Crippen molar-refractivity contribution in [2.24, 2.45) is 5.92 Å². The molecule has 2 aromatic rings. The normalized spacial score (nSPS) is 24.4. The van der Waals surface area contributed by atoms with E-state index in [0.717, 1.165) is 95.2 Å². The van der Waals surface area contributed by atoms with Crippen LogP contribution >= 0.6 is 0 Å². The molecule has 2 bridgehead atoms. The van der Waals surface area contributed by atoms with Crippen molar-refractivity contribution in [1.82, 2.24) is 42.5 Å². The summed E-state index contributed by atoms with van der Waals surface area (Å²) in [5.74, 6) is -0.743. The standard InChI is InChI=1S/C33H52N8O3/c1-25(2)30(42)28-7-3-26(4-8-28)17-40-32-19-34-11-14-37-22-33(23-38-15-12-35-20-32,24-39-16-13-36-21-32)41-18-27-5-9-29(10-6-27)31(43)44/h3-10,25,34-41H,11-24H2,1-2H3,(H,43,44). The molecule has 0 spiro atoms. The summed E-state index contributed by atoms with van der Waals surface area (Å²) in [7, 11) is 0. The molecule has 3 heterocycles. The maximum absolute atomic E-state index is 12.4. The van der Waals surface area contributed by atoms with Crippen molar-refractivity contribution < 1.29 is 14.7 Å². The zero-order valence-electron chi connectivity index (χ0n) is 26.4. The zero-order chi connectivity index (χ0) is 31.3. The number of carbonyl (C=O) groups is 2. The molecule has 0 unspecified atom stereocenters. The molecule has 44 heavy (non-hydrogen) atoms. The molecule has 11 nitrogen and oxygen atoms in total. The molecule has 0 amide bonds. The monoisotopic (exact) mass is 608 g/mol. The lowest BCUT2D eigenvalue weighted by Gasteiger charge is -2.39. The first-order valence-corrected chi connectivity index (χ1v) is 16.0. The van der Waals surface area contributed by atoms with Crippen LogP contribution in [0.15, 0.2) is 48.5 Å². The Hall–Kier alpha value is -2.74. The molecule has 11 heteroatoms. The summed E-state index contributed by atoms with van der Waals surface area (Å²) in [5.41, 5.74) is 2.84. The van der Waals surface area contributed by atoms with Crippen LogP contribution in [0.1, 0.15) is 45.7 Å². The number of carboxylic acids is 1. The van der Waals surface area contributed by atoms with Crippen LogP contribution in [-0.4, -0.2) is 106 Å². The molecule has 3 aliphatic rings. The second kappa shape index (κ2) is 17.1. The molecule has 9 N–H and O–H groups in total. The summed E-state index contributed by atoms with van der Waals surface area (Å²) in [5, 5.41) is 39.0. The molecule has 2 aromatic carbocycles. The second-order valence-corrected chi connectivity index (χ2v) is 12.5. The van der Waals surface area contributed by atoms with Crippen molar-refractivity contribution in [1.29, 1.82) is 0 Å². The third-order valence-corrected chi connectivity index (χ3v) is 8.51. The zero-order valence-corrected chi connectivity index (χ0v) is 26.4. The van der Waals surface area contributed by atoms with Gasteiger partial charge in [-0.1, -0.05) is 50.2 Å². The fourth-order valence-corrected chi connectivity index (χ4v) is 5.71. The summed E-state index contributed by atoms with van der Waals surface area (Å²) in [6.07, 6.45) is 0. The lowest BCUT2D eigenvalue weighted by Crippen LogP contribution is -2.66. The maximum Gasteiger partial charge on any atom is 0.335 e. The van der Waals surface area contributed by atoms with Crippen LogP contribution in [0.5, 0.6) is 0 Å². The fourth-order valence-electron chi connectivity index (χ4n) is 5.71. The summed E-state index contributed by atoms with van der Waals surface area (Å²) in [6, 6.07) is 15.1. The number of nitrogens with one attached hydrogen (secondary N) is 8. The molecule has 0 radical (unpaired) electrons. The van der Waals surface area contributed by atoms with E-state index in [2.05, 4.69) is 54.7 Å². The van der Waals surface area contributed by atoms with E-state index in [1.807, 2.05) is 38.1 Å². The van der Waals surface area contributed by atoms with Gasteiger partial charge in [0.05, 0.1) is 16.6 Å². The first-order valence-electron chi connectivity index (χ1n) is 16.0. The fraction of sp³-hybridized carbons (Fsp3) is 0.576. The van der Waals surface area contributed by atoms with Gasteiger partial charge in [-0.15, -0.1) is 0 Å². The molecule has 3 saturated heterocycles. The smallest absolute Gasteiger partial charge is 0.335 e. The van der Waals surface area contributed by atoms with Gasteiger partial charge in [-0.3, -0.25) is 4.79 Å². The maximum atomic E-state index is 12.4. The van der Waals surface area contributed by atoms with Gasteiger partial charge in [0.2, 0.25) is 0 Å². The molecule has 0 aliphatic carbocycles. The van der Waals surface area contributed by atoms with Crippen molar-refractivity contribution >= 4 is 11.8 Å². The van der Waals surface area contributed by atoms with E-state index in [0.29, 0.717) is 18.7 Å². The van der Waals surface area contributed by atoms with E-state index in [-0.39, 0.29) is 22.8 Å². The number of aromatic carboxylic acids is 1. The Kier molecular flexibility index (Phi) is 13.3. The lowest BCUT2D eigenvalue weighted by atomic mass is 9.96. The Bertz CT molecular complexity index is 1130. The number of carbonyl (C=O) groups excluding carboxylic acids is 1. The highest BCUT2D eigenvalue weighted by molar-refractivity contribution is 5.97. The SMILES string of the molecule is CC(C)C(=O)c1ccc(CNC23CNCCNCC(NCc4ccc(C(=O)O)cc4)(CNCCNC2)CNCCNC3)cc1. The van der Waals surface area contributed by atoms with Gasteiger partial charge >= 0.3 is 5.97 Å². The predicted molar refractivity (Wildman–Crippen MR) is 175 cm³/mol. The Morgan fingerprint density at radius 1 is 0.614 bits per heavy atom. The predicted octanol–water partition coefficient (Wildman–Crippen LogP) is 0.145. The van der Waals surface area contributed by atoms with Crippen molar-refractivity contribution in [3.63, 3.8) is 0 Å². The van der Waals surface area contributed by atoms with Crippen molar-refractivity contribution in [3.8, 4) is 0 Å². The molecule has 242 valence electrons. The minimum atomic E-state index is -0.910. The molecular weight excluding hydrogens is 556 g/mol. The number of hydrogen-bond donors (Lipinski definition) is 9. The Balaban J connectivity index is 1.41. The minimum Gasteiger partial charge on any atom is -0.478 e.